The van der Waals surface area contributed by atoms with Gasteiger partial charge in [-0.05, 0) is 60.7 Å². The largest absolute Gasteiger partial charge is 0.456 e. The van der Waals surface area contributed by atoms with Gasteiger partial charge in [0.25, 0.3) is 0 Å². The summed E-state index contributed by atoms with van der Waals surface area (Å²) in [6.45, 7) is 0. The molecule has 46 heavy (non-hydrogen) atoms. The van der Waals surface area contributed by atoms with Crippen LogP contribution >= 0.6 is 0 Å². The summed E-state index contributed by atoms with van der Waals surface area (Å²) in [6.07, 6.45) is 0. The first-order chi connectivity index (χ1) is 22.8. The topological polar surface area (TPSA) is 36.1 Å². The number of aromatic nitrogens is 2. The standard InChI is InChI=1S/C42H24N2O2/c1-5-13-33-27(9-1)28-10-2-6-14-34(28)43(33)25-17-19-31-39(23-25)45-37-21-22-38-42(41(31)37)32-20-18-26(24-40(32)46-38)44-35-15-7-3-11-29(35)30-12-4-8-16-36(30)44/h1-24H. The molecule has 0 N–H and O–H groups in total. The summed E-state index contributed by atoms with van der Waals surface area (Å²) in [5, 5.41) is 9.32. The van der Waals surface area contributed by atoms with Gasteiger partial charge in [-0.2, -0.15) is 0 Å². The van der Waals surface area contributed by atoms with E-state index in [-0.39, 0.29) is 0 Å². The molecule has 0 fully saturated rings. The Bertz CT molecular complexity index is 2730. The SMILES string of the molecule is c1ccc2c(c1)c1ccccc1n2-c1ccc2c(c1)oc1ccc3oc4cc(-n5c6ccccc6c6ccccc65)ccc4c3c12. The molecule has 0 aliphatic rings. The summed E-state index contributed by atoms with van der Waals surface area (Å²) in [7, 11) is 0. The third kappa shape index (κ3) is 3.07. The molecule has 4 heterocycles. The average molecular weight is 589 g/mol. The van der Waals surface area contributed by atoms with E-state index in [0.29, 0.717) is 0 Å². The zero-order valence-electron chi connectivity index (χ0n) is 24.6. The van der Waals surface area contributed by atoms with Gasteiger partial charge < -0.3 is 18.0 Å². The third-order valence-corrected chi connectivity index (χ3v) is 9.71. The Balaban J connectivity index is 1.14. The monoisotopic (exact) mass is 588 g/mol. The molecule has 4 heteroatoms. The van der Waals surface area contributed by atoms with E-state index in [1.54, 1.807) is 0 Å². The molecule has 0 spiro atoms. The fourth-order valence-corrected chi connectivity index (χ4v) is 7.79. The number of furan rings is 2. The highest BCUT2D eigenvalue weighted by Crippen LogP contribution is 2.42. The van der Waals surface area contributed by atoms with Gasteiger partial charge in [-0.1, -0.05) is 72.8 Å². The van der Waals surface area contributed by atoms with Gasteiger partial charge in [0, 0.05) is 66.6 Å². The van der Waals surface area contributed by atoms with Gasteiger partial charge in [-0.15, -0.1) is 0 Å². The van der Waals surface area contributed by atoms with Gasteiger partial charge in [0.15, 0.2) is 0 Å². The number of rotatable bonds is 2. The van der Waals surface area contributed by atoms with Crippen molar-refractivity contribution in [3.63, 3.8) is 0 Å². The molecule has 0 aliphatic carbocycles. The zero-order chi connectivity index (χ0) is 29.9. The van der Waals surface area contributed by atoms with Crippen LogP contribution in [0.3, 0.4) is 0 Å². The van der Waals surface area contributed by atoms with Gasteiger partial charge in [0.1, 0.15) is 22.3 Å². The van der Waals surface area contributed by atoms with Gasteiger partial charge in [0.2, 0.25) is 0 Å². The molecular weight excluding hydrogens is 564 g/mol. The fourth-order valence-electron chi connectivity index (χ4n) is 7.79. The Morgan fingerprint density at radius 1 is 0.304 bits per heavy atom. The first-order valence-corrected chi connectivity index (χ1v) is 15.6. The summed E-state index contributed by atoms with van der Waals surface area (Å²) in [4.78, 5) is 0. The highest BCUT2D eigenvalue weighted by Gasteiger charge is 2.19. The Kier molecular flexibility index (Phi) is 4.55. The second-order valence-electron chi connectivity index (χ2n) is 12.1. The maximum Gasteiger partial charge on any atom is 0.137 e. The van der Waals surface area contributed by atoms with E-state index in [9.17, 15) is 0 Å². The first kappa shape index (κ1) is 24.1. The van der Waals surface area contributed by atoms with E-state index in [4.69, 9.17) is 8.83 Å². The number of para-hydroxylation sites is 4. The van der Waals surface area contributed by atoms with Crippen molar-refractivity contribution in [1.29, 1.82) is 0 Å². The number of hydrogen-bond donors (Lipinski definition) is 0. The van der Waals surface area contributed by atoms with Crippen molar-refractivity contribution in [3.05, 3.63) is 146 Å². The minimum absolute atomic E-state index is 0.857. The van der Waals surface area contributed by atoms with Crippen LogP contribution in [0.1, 0.15) is 0 Å². The maximum absolute atomic E-state index is 6.56. The quantitative estimate of drug-likeness (QED) is 0.201. The molecule has 4 nitrogen and oxygen atoms in total. The molecule has 0 unspecified atom stereocenters. The first-order valence-electron chi connectivity index (χ1n) is 15.6. The minimum atomic E-state index is 0.857. The van der Waals surface area contributed by atoms with E-state index in [0.717, 1.165) is 55.3 Å². The number of hydrogen-bond acceptors (Lipinski definition) is 2. The highest BCUT2D eigenvalue weighted by molar-refractivity contribution is 6.26. The van der Waals surface area contributed by atoms with Crippen LogP contribution in [0.2, 0.25) is 0 Å². The lowest BCUT2D eigenvalue weighted by molar-refractivity contribution is 0.662. The average Bonchev–Trinajstić information content (AvgIpc) is 3.84. The van der Waals surface area contributed by atoms with Crippen LogP contribution in [0.4, 0.5) is 0 Å². The second kappa shape index (κ2) is 8.68. The molecule has 4 aromatic heterocycles. The second-order valence-corrected chi connectivity index (χ2v) is 12.1. The number of fused-ring (bicyclic) bond motifs is 13. The van der Waals surface area contributed by atoms with Crippen molar-refractivity contribution in [2.45, 2.75) is 0 Å². The fraction of sp³-hybridized carbons (Fsp3) is 0. The summed E-state index contributed by atoms with van der Waals surface area (Å²) < 4.78 is 17.8. The molecule has 0 aliphatic heterocycles. The van der Waals surface area contributed by atoms with E-state index in [1.807, 2.05) is 12.1 Å². The van der Waals surface area contributed by atoms with Crippen LogP contribution in [-0.4, -0.2) is 9.13 Å². The molecule has 0 saturated heterocycles. The normalized spacial score (nSPS) is 12.3. The van der Waals surface area contributed by atoms with Gasteiger partial charge in [-0.3, -0.25) is 0 Å². The molecule has 7 aromatic carbocycles. The third-order valence-electron chi connectivity index (χ3n) is 9.71. The van der Waals surface area contributed by atoms with Crippen molar-refractivity contribution < 1.29 is 8.83 Å². The Hall–Kier alpha value is -6.26. The summed E-state index contributed by atoms with van der Waals surface area (Å²) in [6, 6.07) is 51.6. The molecule has 0 atom stereocenters. The van der Waals surface area contributed by atoms with Crippen molar-refractivity contribution in [3.8, 4) is 11.4 Å². The van der Waals surface area contributed by atoms with E-state index in [2.05, 4.69) is 143 Å². The predicted molar refractivity (Wildman–Crippen MR) is 190 cm³/mol. The zero-order valence-corrected chi connectivity index (χ0v) is 24.6. The Morgan fingerprint density at radius 3 is 1.02 bits per heavy atom. The van der Waals surface area contributed by atoms with E-state index >= 15 is 0 Å². The summed E-state index contributed by atoms with van der Waals surface area (Å²) in [5.41, 5.74) is 10.3. The van der Waals surface area contributed by atoms with Crippen LogP contribution in [-0.2, 0) is 0 Å². The highest BCUT2D eigenvalue weighted by atomic mass is 16.3. The van der Waals surface area contributed by atoms with Crippen molar-refractivity contribution in [2.24, 2.45) is 0 Å². The summed E-state index contributed by atoms with van der Waals surface area (Å²) in [5.74, 6) is 0. The van der Waals surface area contributed by atoms with E-state index in [1.165, 1.54) is 43.6 Å². The van der Waals surface area contributed by atoms with E-state index < -0.39 is 0 Å². The van der Waals surface area contributed by atoms with Crippen molar-refractivity contribution in [2.75, 3.05) is 0 Å². The van der Waals surface area contributed by atoms with Crippen molar-refractivity contribution in [1.82, 2.24) is 9.13 Å². The molecule has 11 aromatic rings. The van der Waals surface area contributed by atoms with Crippen LogP contribution in [0.5, 0.6) is 0 Å². The molecule has 0 bridgehead atoms. The number of benzene rings is 7. The smallest absolute Gasteiger partial charge is 0.137 e. The van der Waals surface area contributed by atoms with Crippen LogP contribution in [0, 0.1) is 0 Å². The molecular formula is C42H24N2O2. The van der Waals surface area contributed by atoms with Crippen molar-refractivity contribution >= 4 is 87.5 Å². The van der Waals surface area contributed by atoms with Gasteiger partial charge in [0.05, 0.1) is 22.1 Å². The van der Waals surface area contributed by atoms with Gasteiger partial charge >= 0.3 is 0 Å². The lowest BCUT2D eigenvalue weighted by Gasteiger charge is -2.08. The Morgan fingerprint density at radius 2 is 0.652 bits per heavy atom. The molecule has 0 saturated carbocycles. The molecule has 11 rings (SSSR count). The summed E-state index contributed by atoms with van der Waals surface area (Å²) >= 11 is 0. The van der Waals surface area contributed by atoms with Crippen LogP contribution < -0.4 is 0 Å². The van der Waals surface area contributed by atoms with Gasteiger partial charge in [-0.25, -0.2) is 0 Å². The molecule has 0 amide bonds. The van der Waals surface area contributed by atoms with Crippen LogP contribution in [0.15, 0.2) is 154 Å². The lowest BCUT2D eigenvalue weighted by atomic mass is 10.0. The molecule has 0 radical (unpaired) electrons. The Labute approximate surface area is 261 Å². The predicted octanol–water partition coefficient (Wildman–Crippen LogP) is 11.7. The number of nitrogens with zero attached hydrogens (tertiary/aromatic N) is 2. The maximum atomic E-state index is 6.56. The lowest BCUT2D eigenvalue weighted by Crippen LogP contribution is -1.93. The van der Waals surface area contributed by atoms with Crippen LogP contribution in [0.25, 0.3) is 98.9 Å². The minimum Gasteiger partial charge on any atom is -0.456 e. The molecule has 214 valence electrons.